The number of carbonyl (C=O) groups excluding carboxylic acids is 2. The Morgan fingerprint density at radius 1 is 1.03 bits per heavy atom. The quantitative estimate of drug-likeness (QED) is 0.213. The third-order valence-electron chi connectivity index (χ3n) is 6.71. The van der Waals surface area contributed by atoms with Crippen molar-refractivity contribution in [3.05, 3.63) is 70.8 Å². The molecule has 0 atom stereocenters. The molecule has 3 rings (SSSR count). The van der Waals surface area contributed by atoms with Crippen molar-refractivity contribution in [2.75, 3.05) is 11.4 Å². The van der Waals surface area contributed by atoms with E-state index >= 15 is 0 Å². The Morgan fingerprint density at radius 3 is 2.39 bits per heavy atom. The molecule has 33 heavy (non-hydrogen) atoms. The standard InChI is InChI=1S/C30H39NO2/c1-6-7-8-9-10-19-31-27-17-16-25(20-26(27)30(4,5)21-29(31)33)28(32)18-13-23-11-14-24(15-12-23)22(2)3/h11-18,20,22H,6-10,19,21H2,1-5H3/b18-13+. The van der Waals surface area contributed by atoms with E-state index in [4.69, 9.17) is 0 Å². The Labute approximate surface area is 199 Å². The molecule has 176 valence electrons. The predicted molar refractivity (Wildman–Crippen MR) is 139 cm³/mol. The molecule has 0 N–H and O–H groups in total. The number of nitrogens with zero attached hydrogens (tertiary/aromatic N) is 1. The average Bonchev–Trinajstić information content (AvgIpc) is 2.79. The molecule has 0 radical (unpaired) electrons. The van der Waals surface area contributed by atoms with Gasteiger partial charge in [0.2, 0.25) is 5.91 Å². The molecule has 0 unspecified atom stereocenters. The number of carbonyl (C=O) groups is 2. The highest BCUT2D eigenvalue weighted by Crippen LogP contribution is 2.41. The van der Waals surface area contributed by atoms with Crippen LogP contribution in [0, 0.1) is 0 Å². The van der Waals surface area contributed by atoms with E-state index in [1.807, 2.05) is 29.2 Å². The van der Waals surface area contributed by atoms with Gasteiger partial charge in [0.05, 0.1) is 0 Å². The molecule has 1 aliphatic heterocycles. The van der Waals surface area contributed by atoms with Crippen molar-refractivity contribution in [1.82, 2.24) is 0 Å². The van der Waals surface area contributed by atoms with Crippen molar-refractivity contribution < 1.29 is 9.59 Å². The van der Waals surface area contributed by atoms with Gasteiger partial charge in [0, 0.05) is 29.6 Å². The zero-order chi connectivity index (χ0) is 24.0. The van der Waals surface area contributed by atoms with Gasteiger partial charge >= 0.3 is 0 Å². The smallest absolute Gasteiger partial charge is 0.227 e. The molecule has 0 aliphatic carbocycles. The Balaban J connectivity index is 1.77. The Kier molecular flexibility index (Phi) is 8.29. The fourth-order valence-corrected chi connectivity index (χ4v) is 4.55. The van der Waals surface area contributed by atoms with Gasteiger partial charge in [0.1, 0.15) is 0 Å². The largest absolute Gasteiger partial charge is 0.312 e. The van der Waals surface area contributed by atoms with Gasteiger partial charge in [-0.1, -0.05) is 90.6 Å². The van der Waals surface area contributed by atoms with Crippen molar-refractivity contribution in [2.24, 2.45) is 0 Å². The SMILES string of the molecule is CCCCCCCN1C(=O)CC(C)(C)c2cc(C(=O)/C=C/c3ccc(C(C)C)cc3)ccc21. The number of hydrogen-bond acceptors (Lipinski definition) is 2. The van der Waals surface area contributed by atoms with Gasteiger partial charge in [-0.2, -0.15) is 0 Å². The minimum atomic E-state index is -0.280. The summed E-state index contributed by atoms with van der Waals surface area (Å²) in [6.07, 6.45) is 9.86. The van der Waals surface area contributed by atoms with Crippen LogP contribution in [0.5, 0.6) is 0 Å². The van der Waals surface area contributed by atoms with Crippen LogP contribution in [-0.2, 0) is 10.2 Å². The van der Waals surface area contributed by atoms with E-state index in [1.165, 1.54) is 24.8 Å². The van der Waals surface area contributed by atoms with Gasteiger partial charge in [0.25, 0.3) is 0 Å². The fourth-order valence-electron chi connectivity index (χ4n) is 4.55. The molecule has 0 bridgehead atoms. The lowest BCUT2D eigenvalue weighted by molar-refractivity contribution is -0.120. The molecular formula is C30H39NO2. The molecule has 0 spiro atoms. The van der Waals surface area contributed by atoms with Gasteiger partial charge in [-0.15, -0.1) is 0 Å². The summed E-state index contributed by atoms with van der Waals surface area (Å²) in [7, 11) is 0. The summed E-state index contributed by atoms with van der Waals surface area (Å²) in [6, 6.07) is 14.2. The van der Waals surface area contributed by atoms with E-state index < -0.39 is 0 Å². The molecule has 0 saturated heterocycles. The monoisotopic (exact) mass is 445 g/mol. The van der Waals surface area contributed by atoms with Gasteiger partial charge in [-0.05, 0) is 53.3 Å². The second-order valence-electron chi connectivity index (χ2n) is 10.3. The number of rotatable bonds is 10. The average molecular weight is 446 g/mol. The highest BCUT2D eigenvalue weighted by molar-refractivity contribution is 6.08. The first kappa shape index (κ1) is 25.0. The lowest BCUT2D eigenvalue weighted by Crippen LogP contribution is -2.42. The van der Waals surface area contributed by atoms with Crippen LogP contribution >= 0.6 is 0 Å². The van der Waals surface area contributed by atoms with Crippen LogP contribution in [0.25, 0.3) is 6.08 Å². The third kappa shape index (κ3) is 6.22. The highest BCUT2D eigenvalue weighted by atomic mass is 16.2. The van der Waals surface area contributed by atoms with E-state index in [1.54, 1.807) is 6.08 Å². The summed E-state index contributed by atoms with van der Waals surface area (Å²) in [5.41, 5.74) is 4.77. The maximum absolute atomic E-state index is 12.9. The Morgan fingerprint density at radius 2 is 1.73 bits per heavy atom. The zero-order valence-electron chi connectivity index (χ0n) is 21.0. The zero-order valence-corrected chi connectivity index (χ0v) is 21.0. The third-order valence-corrected chi connectivity index (χ3v) is 6.71. The number of unbranched alkanes of at least 4 members (excludes halogenated alkanes) is 4. The number of hydrogen-bond donors (Lipinski definition) is 0. The van der Waals surface area contributed by atoms with Crippen LogP contribution in [0.15, 0.2) is 48.5 Å². The van der Waals surface area contributed by atoms with E-state index in [0.29, 0.717) is 17.9 Å². The van der Waals surface area contributed by atoms with Gasteiger partial charge in [0.15, 0.2) is 5.78 Å². The normalized spacial score (nSPS) is 15.3. The Hall–Kier alpha value is -2.68. The van der Waals surface area contributed by atoms with Crippen LogP contribution in [0.4, 0.5) is 5.69 Å². The molecule has 0 aromatic heterocycles. The molecule has 1 amide bonds. The summed E-state index contributed by atoms with van der Waals surface area (Å²) in [6.45, 7) is 11.5. The maximum atomic E-state index is 12.9. The molecule has 2 aromatic rings. The lowest BCUT2D eigenvalue weighted by atomic mass is 9.76. The van der Waals surface area contributed by atoms with Crippen molar-refractivity contribution in [3.63, 3.8) is 0 Å². The van der Waals surface area contributed by atoms with E-state index in [2.05, 4.69) is 58.9 Å². The van der Waals surface area contributed by atoms with Gasteiger partial charge in [-0.25, -0.2) is 0 Å². The molecule has 2 aromatic carbocycles. The summed E-state index contributed by atoms with van der Waals surface area (Å²) in [5.74, 6) is 0.669. The summed E-state index contributed by atoms with van der Waals surface area (Å²) in [4.78, 5) is 27.8. The molecule has 0 saturated carbocycles. The first-order valence-electron chi connectivity index (χ1n) is 12.5. The van der Waals surface area contributed by atoms with Crippen LogP contribution in [0.2, 0.25) is 0 Å². The molecular weight excluding hydrogens is 406 g/mol. The van der Waals surface area contributed by atoms with Crippen molar-refractivity contribution >= 4 is 23.5 Å². The van der Waals surface area contributed by atoms with Gasteiger partial charge < -0.3 is 4.90 Å². The van der Waals surface area contributed by atoms with Crippen molar-refractivity contribution in [2.45, 2.75) is 84.5 Å². The minimum Gasteiger partial charge on any atom is -0.312 e. The van der Waals surface area contributed by atoms with E-state index in [0.717, 1.165) is 36.2 Å². The number of amides is 1. The lowest BCUT2D eigenvalue weighted by Gasteiger charge is -2.39. The van der Waals surface area contributed by atoms with Crippen LogP contribution < -0.4 is 4.90 Å². The minimum absolute atomic E-state index is 0.00967. The van der Waals surface area contributed by atoms with E-state index in [-0.39, 0.29) is 17.1 Å². The van der Waals surface area contributed by atoms with Crippen LogP contribution in [0.3, 0.4) is 0 Å². The number of anilines is 1. The highest BCUT2D eigenvalue weighted by Gasteiger charge is 2.36. The maximum Gasteiger partial charge on any atom is 0.227 e. The molecule has 3 nitrogen and oxygen atoms in total. The van der Waals surface area contributed by atoms with Crippen molar-refractivity contribution in [3.8, 4) is 0 Å². The fraction of sp³-hybridized carbons (Fsp3) is 0.467. The molecule has 1 aliphatic rings. The number of fused-ring (bicyclic) bond motifs is 1. The van der Waals surface area contributed by atoms with Crippen molar-refractivity contribution in [1.29, 1.82) is 0 Å². The number of ketones is 1. The molecule has 0 fully saturated rings. The first-order chi connectivity index (χ1) is 15.7. The van der Waals surface area contributed by atoms with Crippen LogP contribution in [0.1, 0.15) is 106 Å². The molecule has 1 heterocycles. The topological polar surface area (TPSA) is 37.4 Å². The number of allylic oxidation sites excluding steroid dienone is 1. The Bertz CT molecular complexity index is 998. The summed E-state index contributed by atoms with van der Waals surface area (Å²) >= 11 is 0. The second-order valence-corrected chi connectivity index (χ2v) is 10.3. The van der Waals surface area contributed by atoms with E-state index in [9.17, 15) is 9.59 Å². The number of benzene rings is 2. The molecule has 3 heteroatoms. The van der Waals surface area contributed by atoms with Gasteiger partial charge in [-0.3, -0.25) is 9.59 Å². The first-order valence-corrected chi connectivity index (χ1v) is 12.5. The summed E-state index contributed by atoms with van der Waals surface area (Å²) < 4.78 is 0. The summed E-state index contributed by atoms with van der Waals surface area (Å²) in [5, 5.41) is 0. The van der Waals surface area contributed by atoms with Crippen LogP contribution in [-0.4, -0.2) is 18.2 Å². The predicted octanol–water partition coefficient (Wildman–Crippen LogP) is 7.69. The second kappa shape index (κ2) is 11.0.